The summed E-state index contributed by atoms with van der Waals surface area (Å²) < 4.78 is 29.7. The average Bonchev–Trinajstić information content (AvgIpc) is 3.07. The van der Waals surface area contributed by atoms with Gasteiger partial charge in [-0.05, 0) is 56.3 Å². The van der Waals surface area contributed by atoms with Gasteiger partial charge in [0.25, 0.3) is 0 Å². The minimum absolute atomic E-state index is 0.0177. The molecule has 0 aliphatic carbocycles. The van der Waals surface area contributed by atoms with E-state index < -0.39 is 16.0 Å². The molecule has 3 aromatic rings. The summed E-state index contributed by atoms with van der Waals surface area (Å²) >= 11 is 5.96. The largest absolute Gasteiger partial charge is 0.458 e. The molecule has 0 fully saturated rings. The molecule has 0 amide bonds. The van der Waals surface area contributed by atoms with E-state index in [1.165, 1.54) is 16.8 Å². The molecule has 9 heteroatoms. The molecule has 0 spiro atoms. The lowest BCUT2D eigenvalue weighted by atomic mass is 10.1. The summed E-state index contributed by atoms with van der Waals surface area (Å²) in [6.45, 7) is 3.50. The molecule has 0 saturated carbocycles. The second-order valence-corrected chi connectivity index (χ2v) is 8.32. The van der Waals surface area contributed by atoms with Crippen LogP contribution in [0.15, 0.2) is 59.5 Å². The normalized spacial score (nSPS) is 11.6. The zero-order chi connectivity index (χ0) is 20.5. The second kappa shape index (κ2) is 7.75. The van der Waals surface area contributed by atoms with Gasteiger partial charge in [0.15, 0.2) is 5.69 Å². The number of primary sulfonamides is 1. The minimum atomic E-state index is -3.81. The second-order valence-electron chi connectivity index (χ2n) is 6.33. The Hall–Kier alpha value is -2.68. The van der Waals surface area contributed by atoms with Gasteiger partial charge in [-0.2, -0.15) is 5.10 Å². The molecule has 1 heterocycles. The molecule has 1 aromatic heterocycles. The third kappa shape index (κ3) is 4.41. The Morgan fingerprint density at radius 3 is 2.25 bits per heavy atom. The SMILES string of the molecule is CC(C)OC(=O)c1cc(-c2ccc(Cl)cc2)n(-c2ccc(S(N)(=O)=O)cc2)n1. The summed E-state index contributed by atoms with van der Waals surface area (Å²) in [5.74, 6) is -0.551. The first-order valence-corrected chi connectivity index (χ1v) is 10.3. The van der Waals surface area contributed by atoms with Crippen molar-refractivity contribution in [1.82, 2.24) is 9.78 Å². The number of carbonyl (C=O) groups is 1. The van der Waals surface area contributed by atoms with Crippen molar-refractivity contribution in [3.05, 3.63) is 65.3 Å². The van der Waals surface area contributed by atoms with Crippen LogP contribution in [-0.2, 0) is 14.8 Å². The number of carbonyl (C=O) groups excluding carboxylic acids is 1. The van der Waals surface area contributed by atoms with Crippen molar-refractivity contribution in [3.63, 3.8) is 0 Å². The standard InChI is InChI=1S/C19H18ClN3O4S/c1-12(2)27-19(24)17-11-18(13-3-5-14(20)6-4-13)23(22-17)15-7-9-16(10-8-15)28(21,25)26/h3-12H,1-2H3,(H2,21,25,26). The predicted octanol–water partition coefficient (Wildman–Crippen LogP) is 3.41. The highest BCUT2D eigenvalue weighted by Crippen LogP contribution is 2.26. The van der Waals surface area contributed by atoms with Crippen LogP contribution >= 0.6 is 11.6 Å². The molecule has 0 aliphatic rings. The van der Waals surface area contributed by atoms with E-state index in [1.807, 2.05) is 0 Å². The van der Waals surface area contributed by atoms with Crippen LogP contribution in [0.2, 0.25) is 5.02 Å². The van der Waals surface area contributed by atoms with Crippen LogP contribution in [0.5, 0.6) is 0 Å². The van der Waals surface area contributed by atoms with Crippen LogP contribution in [0.1, 0.15) is 24.3 Å². The molecule has 0 atom stereocenters. The summed E-state index contributed by atoms with van der Waals surface area (Å²) in [5.41, 5.74) is 2.09. The highest BCUT2D eigenvalue weighted by Gasteiger charge is 2.19. The lowest BCUT2D eigenvalue weighted by molar-refractivity contribution is 0.0370. The molecule has 28 heavy (non-hydrogen) atoms. The molecule has 0 saturated heterocycles. The van der Waals surface area contributed by atoms with Gasteiger partial charge in [0.2, 0.25) is 10.0 Å². The molecular weight excluding hydrogens is 402 g/mol. The van der Waals surface area contributed by atoms with Crippen molar-refractivity contribution < 1.29 is 17.9 Å². The molecule has 0 aliphatic heterocycles. The van der Waals surface area contributed by atoms with E-state index in [0.717, 1.165) is 5.56 Å². The van der Waals surface area contributed by atoms with Crippen LogP contribution < -0.4 is 5.14 Å². The highest BCUT2D eigenvalue weighted by atomic mass is 35.5. The Bertz CT molecular complexity index is 1110. The van der Waals surface area contributed by atoms with Crippen LogP contribution in [0.25, 0.3) is 16.9 Å². The fraction of sp³-hybridized carbons (Fsp3) is 0.158. The van der Waals surface area contributed by atoms with E-state index in [2.05, 4.69) is 5.10 Å². The molecule has 3 rings (SSSR count). The molecule has 7 nitrogen and oxygen atoms in total. The summed E-state index contributed by atoms with van der Waals surface area (Å²) in [5, 5.41) is 10.1. The van der Waals surface area contributed by atoms with Crippen molar-refractivity contribution in [3.8, 4) is 16.9 Å². The first-order valence-electron chi connectivity index (χ1n) is 8.35. The van der Waals surface area contributed by atoms with Gasteiger partial charge < -0.3 is 4.74 Å². The Balaban J connectivity index is 2.11. The zero-order valence-corrected chi connectivity index (χ0v) is 16.7. The molecule has 0 bridgehead atoms. The number of esters is 1. The van der Waals surface area contributed by atoms with E-state index in [1.54, 1.807) is 56.3 Å². The molecule has 2 aromatic carbocycles. The maximum atomic E-state index is 12.3. The Morgan fingerprint density at radius 2 is 1.71 bits per heavy atom. The third-order valence-electron chi connectivity index (χ3n) is 3.81. The fourth-order valence-corrected chi connectivity index (χ4v) is 3.20. The lowest BCUT2D eigenvalue weighted by Gasteiger charge is -2.08. The van der Waals surface area contributed by atoms with Gasteiger partial charge in [-0.3, -0.25) is 0 Å². The van der Waals surface area contributed by atoms with Crippen molar-refractivity contribution in [2.45, 2.75) is 24.8 Å². The maximum absolute atomic E-state index is 12.3. The minimum Gasteiger partial charge on any atom is -0.458 e. The van der Waals surface area contributed by atoms with Crippen molar-refractivity contribution in [2.24, 2.45) is 5.14 Å². The maximum Gasteiger partial charge on any atom is 0.359 e. The van der Waals surface area contributed by atoms with E-state index in [9.17, 15) is 13.2 Å². The lowest BCUT2D eigenvalue weighted by Crippen LogP contribution is -2.13. The fourth-order valence-electron chi connectivity index (χ4n) is 2.56. The molecule has 2 N–H and O–H groups in total. The molecular formula is C19H18ClN3O4S. The molecule has 0 radical (unpaired) electrons. The third-order valence-corrected chi connectivity index (χ3v) is 4.99. The number of aromatic nitrogens is 2. The van der Waals surface area contributed by atoms with Crippen LogP contribution in [0, 0.1) is 0 Å². The van der Waals surface area contributed by atoms with Crippen LogP contribution in [0.4, 0.5) is 0 Å². The number of sulfonamides is 1. The van der Waals surface area contributed by atoms with Gasteiger partial charge in [-0.15, -0.1) is 0 Å². The van der Waals surface area contributed by atoms with E-state index in [4.69, 9.17) is 21.5 Å². The first-order chi connectivity index (χ1) is 13.1. The van der Waals surface area contributed by atoms with E-state index in [-0.39, 0.29) is 16.7 Å². The summed E-state index contributed by atoms with van der Waals surface area (Å²) in [6.07, 6.45) is -0.286. The molecule has 0 unspecified atom stereocenters. The summed E-state index contributed by atoms with van der Waals surface area (Å²) in [6, 6.07) is 14.5. The van der Waals surface area contributed by atoms with Crippen molar-refractivity contribution >= 4 is 27.6 Å². The number of halogens is 1. The Labute approximate surface area is 167 Å². The van der Waals surface area contributed by atoms with Gasteiger partial charge in [-0.25, -0.2) is 23.0 Å². The average molecular weight is 420 g/mol. The van der Waals surface area contributed by atoms with Gasteiger partial charge in [0.05, 0.1) is 22.4 Å². The molecule has 146 valence electrons. The summed E-state index contributed by atoms with van der Waals surface area (Å²) in [7, 11) is -3.81. The summed E-state index contributed by atoms with van der Waals surface area (Å²) in [4.78, 5) is 12.3. The van der Waals surface area contributed by atoms with E-state index >= 15 is 0 Å². The monoisotopic (exact) mass is 419 g/mol. The van der Waals surface area contributed by atoms with Crippen LogP contribution in [-0.4, -0.2) is 30.3 Å². The van der Waals surface area contributed by atoms with Crippen molar-refractivity contribution in [2.75, 3.05) is 0 Å². The predicted molar refractivity (Wildman–Crippen MR) is 106 cm³/mol. The number of hydrogen-bond acceptors (Lipinski definition) is 5. The van der Waals surface area contributed by atoms with Gasteiger partial charge in [0, 0.05) is 10.6 Å². The van der Waals surface area contributed by atoms with Crippen LogP contribution in [0.3, 0.4) is 0 Å². The number of rotatable bonds is 5. The number of ether oxygens (including phenoxy) is 1. The number of hydrogen-bond donors (Lipinski definition) is 1. The quantitative estimate of drug-likeness (QED) is 0.638. The van der Waals surface area contributed by atoms with Gasteiger partial charge in [-0.1, -0.05) is 23.7 Å². The first kappa shape index (κ1) is 20.1. The Kier molecular flexibility index (Phi) is 5.55. The van der Waals surface area contributed by atoms with Gasteiger partial charge >= 0.3 is 5.97 Å². The number of benzene rings is 2. The number of nitrogens with two attached hydrogens (primary N) is 1. The topological polar surface area (TPSA) is 104 Å². The smallest absolute Gasteiger partial charge is 0.359 e. The van der Waals surface area contributed by atoms with Gasteiger partial charge in [0.1, 0.15) is 0 Å². The van der Waals surface area contributed by atoms with E-state index in [0.29, 0.717) is 16.4 Å². The van der Waals surface area contributed by atoms with Crippen molar-refractivity contribution in [1.29, 1.82) is 0 Å². The number of nitrogens with zero attached hydrogens (tertiary/aromatic N) is 2. The Morgan fingerprint density at radius 1 is 1.11 bits per heavy atom. The highest BCUT2D eigenvalue weighted by molar-refractivity contribution is 7.89. The zero-order valence-electron chi connectivity index (χ0n) is 15.2.